The van der Waals surface area contributed by atoms with Crippen molar-refractivity contribution < 1.29 is 56.3 Å². The molecule has 23 heavy (non-hydrogen) atoms. The minimum atomic E-state index is -4.93. The van der Waals surface area contributed by atoms with Crippen LogP contribution in [0, 0.1) is 11.6 Å². The van der Waals surface area contributed by atoms with Crippen LogP contribution in [-0.4, -0.2) is 28.9 Å². The summed E-state index contributed by atoms with van der Waals surface area (Å²) < 4.78 is 65.9. The van der Waals surface area contributed by atoms with Crippen molar-refractivity contribution in [3.05, 3.63) is 29.8 Å². The van der Waals surface area contributed by atoms with Crippen molar-refractivity contribution in [1.29, 1.82) is 0 Å². The van der Waals surface area contributed by atoms with Gasteiger partial charge in [0.05, 0.1) is 5.69 Å². The quantitative estimate of drug-likeness (QED) is 0.318. The molecule has 1 atom stereocenters. The molecule has 0 bridgehead atoms. The molecule has 2 rings (SSSR count). The SMILES string of the molecule is CC1(N(C=O)c2ccc(F)cc2F)C([S-])=NN=C1C(F)(F)F.[Na+]. The van der Waals surface area contributed by atoms with Gasteiger partial charge in [0.1, 0.15) is 17.2 Å². The summed E-state index contributed by atoms with van der Waals surface area (Å²) in [5.74, 6) is -2.16. The van der Waals surface area contributed by atoms with Crippen LogP contribution in [0.2, 0.25) is 0 Å². The van der Waals surface area contributed by atoms with Crippen LogP contribution in [0.5, 0.6) is 0 Å². The van der Waals surface area contributed by atoms with E-state index in [1.54, 1.807) is 0 Å². The normalized spacial score (nSPS) is 20.4. The molecule has 0 fully saturated rings. The topological polar surface area (TPSA) is 45.0 Å². The minimum Gasteiger partial charge on any atom is -0.760 e. The molecule has 1 unspecified atom stereocenters. The van der Waals surface area contributed by atoms with E-state index in [0.29, 0.717) is 11.0 Å². The summed E-state index contributed by atoms with van der Waals surface area (Å²) in [6.45, 7) is 0.940. The molecule has 0 N–H and O–H groups in total. The Bertz CT molecular complexity index is 694. The third kappa shape index (κ3) is 3.39. The van der Waals surface area contributed by atoms with E-state index in [4.69, 9.17) is 12.6 Å². The summed E-state index contributed by atoms with van der Waals surface area (Å²) in [4.78, 5) is 11.7. The van der Waals surface area contributed by atoms with E-state index in [-0.39, 0.29) is 36.0 Å². The molecule has 0 radical (unpaired) electrons. The molecule has 1 aromatic carbocycles. The molecule has 1 aliphatic heterocycles. The van der Waals surface area contributed by atoms with Gasteiger partial charge < -0.3 is 12.6 Å². The van der Waals surface area contributed by atoms with Crippen molar-refractivity contribution in [3.8, 4) is 0 Å². The Morgan fingerprint density at radius 2 is 1.87 bits per heavy atom. The van der Waals surface area contributed by atoms with Gasteiger partial charge in [-0.3, -0.25) is 9.69 Å². The standard InChI is InChI=1S/C12H8F5N3OS.Na/c1-11(9(12(15,16)17)18-19-10(11)22)20(5-21)8-3-2-6(13)4-7(8)14;/h2-5H,1H3,(H,19,22);/q;+1/p-1. The van der Waals surface area contributed by atoms with Gasteiger partial charge in [-0.2, -0.15) is 18.3 Å². The Morgan fingerprint density at radius 1 is 1.26 bits per heavy atom. The fourth-order valence-corrected chi connectivity index (χ4v) is 2.26. The van der Waals surface area contributed by atoms with Crippen molar-refractivity contribution in [2.45, 2.75) is 18.6 Å². The minimum absolute atomic E-state index is 0. The second-order valence-electron chi connectivity index (χ2n) is 4.49. The van der Waals surface area contributed by atoms with Crippen LogP contribution in [0.1, 0.15) is 6.92 Å². The summed E-state index contributed by atoms with van der Waals surface area (Å²) in [6.07, 6.45) is -4.97. The van der Waals surface area contributed by atoms with Crippen LogP contribution in [0.3, 0.4) is 0 Å². The zero-order valence-electron chi connectivity index (χ0n) is 11.9. The van der Waals surface area contributed by atoms with E-state index in [1.165, 1.54) is 0 Å². The molecule has 0 saturated carbocycles. The van der Waals surface area contributed by atoms with Gasteiger partial charge in [-0.15, -0.1) is 5.10 Å². The summed E-state index contributed by atoms with van der Waals surface area (Å²) >= 11 is 4.73. The average molecular weight is 359 g/mol. The van der Waals surface area contributed by atoms with Gasteiger partial charge in [0.25, 0.3) is 0 Å². The number of hydrogen-bond acceptors (Lipinski definition) is 4. The molecule has 1 amide bonds. The van der Waals surface area contributed by atoms with Crippen LogP contribution >= 0.6 is 0 Å². The number of anilines is 1. The number of rotatable bonds is 3. The zero-order valence-corrected chi connectivity index (χ0v) is 14.7. The molecule has 0 aliphatic carbocycles. The predicted molar refractivity (Wildman–Crippen MR) is 71.6 cm³/mol. The third-order valence-electron chi connectivity index (χ3n) is 3.14. The van der Waals surface area contributed by atoms with Gasteiger partial charge in [-0.05, 0) is 19.1 Å². The number of benzene rings is 1. The Balaban J connectivity index is 0.00000264. The van der Waals surface area contributed by atoms with Gasteiger partial charge in [-0.25, -0.2) is 8.78 Å². The van der Waals surface area contributed by atoms with E-state index in [0.717, 1.165) is 19.1 Å². The molecular formula is C12H7F5N3NaOS. The van der Waals surface area contributed by atoms with Gasteiger partial charge in [-0.1, -0.05) is 5.04 Å². The summed E-state index contributed by atoms with van der Waals surface area (Å²) in [5, 5.41) is 5.58. The van der Waals surface area contributed by atoms with Gasteiger partial charge in [0.2, 0.25) is 6.41 Å². The van der Waals surface area contributed by atoms with E-state index < -0.39 is 39.8 Å². The number of carbonyl (C=O) groups is 1. The van der Waals surface area contributed by atoms with Crippen LogP contribution in [-0.2, 0) is 17.4 Å². The first kappa shape index (κ1) is 19.9. The molecule has 0 spiro atoms. The van der Waals surface area contributed by atoms with Crippen molar-refractivity contribution in [1.82, 2.24) is 0 Å². The zero-order chi connectivity index (χ0) is 16.7. The first-order valence-electron chi connectivity index (χ1n) is 5.73. The number of alkyl halides is 3. The number of carbonyl (C=O) groups excluding carboxylic acids is 1. The van der Waals surface area contributed by atoms with Crippen molar-refractivity contribution in [2.24, 2.45) is 10.2 Å². The number of hydrogen-bond donors (Lipinski definition) is 0. The average Bonchev–Trinajstić information content (AvgIpc) is 2.70. The van der Waals surface area contributed by atoms with Crippen molar-refractivity contribution in [3.63, 3.8) is 0 Å². The third-order valence-corrected chi connectivity index (χ3v) is 3.62. The Morgan fingerprint density at radius 3 is 2.35 bits per heavy atom. The monoisotopic (exact) mass is 359 g/mol. The van der Waals surface area contributed by atoms with Crippen LogP contribution in [0.15, 0.2) is 28.4 Å². The largest absolute Gasteiger partial charge is 1.00 e. The van der Waals surface area contributed by atoms with Crippen molar-refractivity contribution >= 4 is 35.5 Å². The van der Waals surface area contributed by atoms with E-state index in [9.17, 15) is 26.7 Å². The fraction of sp³-hybridized carbons (Fsp3) is 0.250. The maximum absolute atomic E-state index is 13.8. The van der Waals surface area contributed by atoms with E-state index in [1.807, 2.05) is 0 Å². The Hall–Kier alpha value is -1.10. The number of amides is 1. The molecule has 1 aliphatic rings. The first-order valence-corrected chi connectivity index (χ1v) is 6.13. The smallest absolute Gasteiger partial charge is 0.760 e. The van der Waals surface area contributed by atoms with Crippen LogP contribution in [0.25, 0.3) is 0 Å². The Kier molecular flexibility index (Phi) is 5.89. The van der Waals surface area contributed by atoms with Crippen LogP contribution < -0.4 is 34.5 Å². The van der Waals surface area contributed by atoms with Gasteiger partial charge >= 0.3 is 35.7 Å². The number of halogens is 5. The second-order valence-corrected chi connectivity index (χ2v) is 4.88. The van der Waals surface area contributed by atoms with E-state index in [2.05, 4.69) is 10.2 Å². The maximum Gasteiger partial charge on any atom is 1.00 e. The molecule has 4 nitrogen and oxygen atoms in total. The predicted octanol–water partition coefficient (Wildman–Crippen LogP) is -0.432. The molecule has 1 heterocycles. The molecule has 1 aromatic rings. The summed E-state index contributed by atoms with van der Waals surface area (Å²) in [5.41, 5.74) is -4.33. The molecule has 0 saturated heterocycles. The molecule has 0 aromatic heterocycles. The maximum atomic E-state index is 13.8. The van der Waals surface area contributed by atoms with Crippen molar-refractivity contribution in [2.75, 3.05) is 4.90 Å². The summed E-state index contributed by atoms with van der Waals surface area (Å²) in [7, 11) is 0. The van der Waals surface area contributed by atoms with Gasteiger partial charge in [0.15, 0.2) is 5.71 Å². The summed E-state index contributed by atoms with van der Waals surface area (Å²) in [6, 6.07) is 2.08. The second kappa shape index (κ2) is 6.80. The van der Waals surface area contributed by atoms with E-state index >= 15 is 0 Å². The first-order chi connectivity index (χ1) is 10.1. The van der Waals surface area contributed by atoms with Crippen LogP contribution in [0.4, 0.5) is 27.6 Å². The Labute approximate surface area is 155 Å². The molecular weight excluding hydrogens is 352 g/mol. The molecule has 118 valence electrons. The molecule has 11 heteroatoms. The van der Waals surface area contributed by atoms with Gasteiger partial charge in [0, 0.05) is 6.07 Å². The number of nitrogens with zero attached hydrogens (tertiary/aromatic N) is 3. The fourth-order valence-electron chi connectivity index (χ4n) is 2.02.